The van der Waals surface area contributed by atoms with Gasteiger partial charge in [-0.3, -0.25) is 0 Å². The average Bonchev–Trinajstić information content (AvgIpc) is 2.65. The van der Waals surface area contributed by atoms with Crippen LogP contribution in [0.15, 0.2) is 72.9 Å². The molecule has 4 atom stereocenters. The van der Waals surface area contributed by atoms with Crippen LogP contribution in [0.3, 0.4) is 0 Å². The molecule has 5 heteroatoms. The molecule has 0 radical (unpaired) electrons. The van der Waals surface area contributed by atoms with Gasteiger partial charge in [-0.1, -0.05) is 66.8 Å². The van der Waals surface area contributed by atoms with E-state index in [9.17, 15) is 20.1 Å². The van der Waals surface area contributed by atoms with Gasteiger partial charge in [0, 0.05) is 12.5 Å². The Labute approximate surface area is 174 Å². The summed E-state index contributed by atoms with van der Waals surface area (Å²) in [6.45, 7) is 1.87. The molecule has 0 unspecified atom stereocenters. The first-order valence-electron chi connectivity index (χ1n) is 10.2. The Balaban J connectivity index is 2.66. The van der Waals surface area contributed by atoms with E-state index in [1.807, 2.05) is 19.1 Å². The molecule has 5 nitrogen and oxygen atoms in total. The molecule has 0 saturated heterocycles. The van der Waals surface area contributed by atoms with E-state index in [2.05, 4.69) is 0 Å². The third-order valence-electron chi connectivity index (χ3n) is 4.24. The summed E-state index contributed by atoms with van der Waals surface area (Å²) in [5.41, 5.74) is 0. The van der Waals surface area contributed by atoms with Crippen LogP contribution in [0.5, 0.6) is 0 Å². The number of hydrogen-bond donors (Lipinski definition) is 3. The van der Waals surface area contributed by atoms with E-state index in [4.69, 9.17) is 4.74 Å². The number of aliphatic hydroxyl groups is 3. The van der Waals surface area contributed by atoms with Crippen molar-refractivity contribution in [3.8, 4) is 0 Å². The van der Waals surface area contributed by atoms with Crippen molar-refractivity contribution in [2.75, 3.05) is 0 Å². The Morgan fingerprint density at radius 1 is 0.862 bits per heavy atom. The average molecular weight is 403 g/mol. The SMILES string of the molecule is C[C@@H]1CCC/C=C/C=C/[C@H](O)C[C@@H](O)C/C=C\C=C\[C@@H](O)C/C=C/C=C\C(=O)O1. The summed E-state index contributed by atoms with van der Waals surface area (Å²) < 4.78 is 5.31. The lowest BCUT2D eigenvalue weighted by atomic mass is 10.1. The third-order valence-corrected chi connectivity index (χ3v) is 4.24. The Morgan fingerprint density at radius 3 is 2.31 bits per heavy atom. The van der Waals surface area contributed by atoms with Gasteiger partial charge in [-0.25, -0.2) is 4.79 Å². The zero-order valence-corrected chi connectivity index (χ0v) is 17.1. The first kappa shape index (κ1) is 24.8. The van der Waals surface area contributed by atoms with Gasteiger partial charge >= 0.3 is 5.97 Å². The lowest BCUT2D eigenvalue weighted by Crippen LogP contribution is -2.14. The summed E-state index contributed by atoms with van der Waals surface area (Å²) in [5.74, 6) is -0.378. The van der Waals surface area contributed by atoms with Gasteiger partial charge < -0.3 is 20.1 Å². The van der Waals surface area contributed by atoms with Crippen LogP contribution in [0.1, 0.15) is 45.4 Å². The van der Waals surface area contributed by atoms with Gasteiger partial charge in [-0.05, 0) is 39.0 Å². The summed E-state index contributed by atoms with van der Waals surface area (Å²) in [5, 5.41) is 29.8. The lowest BCUT2D eigenvalue weighted by Gasteiger charge is -2.10. The Bertz CT molecular complexity index is 627. The van der Waals surface area contributed by atoms with Crippen molar-refractivity contribution in [2.45, 2.75) is 69.9 Å². The monoisotopic (exact) mass is 402 g/mol. The minimum Gasteiger partial charge on any atom is -0.460 e. The Kier molecular flexibility index (Phi) is 13.4. The van der Waals surface area contributed by atoms with Gasteiger partial charge in [-0.15, -0.1) is 0 Å². The van der Waals surface area contributed by atoms with Crippen molar-refractivity contribution in [3.05, 3.63) is 72.9 Å². The molecule has 160 valence electrons. The molecule has 3 N–H and O–H groups in total. The van der Waals surface area contributed by atoms with E-state index in [0.717, 1.165) is 19.3 Å². The minimum absolute atomic E-state index is 0.158. The molecule has 0 aliphatic carbocycles. The van der Waals surface area contributed by atoms with Crippen LogP contribution in [0.2, 0.25) is 0 Å². The number of carbonyl (C=O) groups excluding carboxylic acids is 1. The molecule has 29 heavy (non-hydrogen) atoms. The van der Waals surface area contributed by atoms with Gasteiger partial charge in [0.05, 0.1) is 24.4 Å². The topological polar surface area (TPSA) is 87.0 Å². The molecule has 0 fully saturated rings. The standard InChI is InChI=1S/C24H34O5/c1-20-13-7-3-2-4-8-16-22(26)19-23(27)17-11-5-9-14-21(25)15-10-6-12-18-24(28)29-20/h2,4-6,8-12,14,16,18,20-23,25-27H,3,7,13,15,17,19H2,1H3/b4-2+,10-6+,11-5-,14-9+,16-8+,18-12-/t20-,21-,22+,23+/m1/s1. The van der Waals surface area contributed by atoms with Gasteiger partial charge in [0.2, 0.25) is 0 Å². The highest BCUT2D eigenvalue weighted by Gasteiger charge is 2.07. The van der Waals surface area contributed by atoms with Crippen LogP contribution >= 0.6 is 0 Å². The van der Waals surface area contributed by atoms with Crippen LogP contribution < -0.4 is 0 Å². The number of cyclic esters (lactones) is 1. The maximum absolute atomic E-state index is 11.7. The number of rotatable bonds is 0. The Morgan fingerprint density at radius 2 is 1.52 bits per heavy atom. The van der Waals surface area contributed by atoms with E-state index in [1.54, 1.807) is 54.7 Å². The predicted molar refractivity (Wildman–Crippen MR) is 116 cm³/mol. The van der Waals surface area contributed by atoms with Crippen LogP contribution in [0, 0.1) is 0 Å². The predicted octanol–water partition coefficient (Wildman–Crippen LogP) is 3.69. The fourth-order valence-electron chi connectivity index (χ4n) is 2.66. The zero-order chi connectivity index (χ0) is 21.3. The maximum atomic E-state index is 11.7. The number of allylic oxidation sites excluding steroid dienone is 7. The molecule has 1 heterocycles. The molecule has 0 spiro atoms. The summed E-state index contributed by atoms with van der Waals surface area (Å²) in [4.78, 5) is 11.7. The lowest BCUT2D eigenvalue weighted by molar-refractivity contribution is -0.142. The van der Waals surface area contributed by atoms with Crippen LogP contribution in [-0.4, -0.2) is 45.7 Å². The molecule has 1 aliphatic rings. The quantitative estimate of drug-likeness (QED) is 0.538. The molecular weight excluding hydrogens is 368 g/mol. The molecule has 0 bridgehead atoms. The van der Waals surface area contributed by atoms with Crippen LogP contribution in [0.25, 0.3) is 0 Å². The zero-order valence-electron chi connectivity index (χ0n) is 17.1. The first-order chi connectivity index (χ1) is 14.0. The highest BCUT2D eigenvalue weighted by Crippen LogP contribution is 2.08. The molecule has 0 amide bonds. The number of ether oxygens (including phenoxy) is 1. The number of hydrogen-bond acceptors (Lipinski definition) is 5. The van der Waals surface area contributed by atoms with Crippen molar-refractivity contribution < 1.29 is 24.9 Å². The minimum atomic E-state index is -0.703. The highest BCUT2D eigenvalue weighted by molar-refractivity contribution is 5.82. The number of esters is 1. The fourth-order valence-corrected chi connectivity index (χ4v) is 2.66. The summed E-state index contributed by atoms with van der Waals surface area (Å²) >= 11 is 0. The van der Waals surface area contributed by atoms with E-state index in [1.165, 1.54) is 6.08 Å². The molecule has 1 aliphatic heterocycles. The Hall–Kier alpha value is -2.21. The third kappa shape index (κ3) is 14.4. The van der Waals surface area contributed by atoms with Gasteiger partial charge in [0.15, 0.2) is 0 Å². The largest absolute Gasteiger partial charge is 0.460 e. The van der Waals surface area contributed by atoms with Crippen molar-refractivity contribution in [1.82, 2.24) is 0 Å². The smallest absolute Gasteiger partial charge is 0.331 e. The normalized spacial score (nSPS) is 35.4. The second kappa shape index (κ2) is 15.7. The van der Waals surface area contributed by atoms with Crippen LogP contribution in [-0.2, 0) is 9.53 Å². The van der Waals surface area contributed by atoms with E-state index >= 15 is 0 Å². The summed E-state index contributed by atoms with van der Waals surface area (Å²) in [6.07, 6.45) is 22.2. The van der Waals surface area contributed by atoms with Crippen molar-refractivity contribution in [1.29, 1.82) is 0 Å². The van der Waals surface area contributed by atoms with Crippen molar-refractivity contribution >= 4 is 5.97 Å². The van der Waals surface area contributed by atoms with E-state index in [-0.39, 0.29) is 18.5 Å². The van der Waals surface area contributed by atoms with Gasteiger partial charge in [-0.2, -0.15) is 0 Å². The van der Waals surface area contributed by atoms with Crippen molar-refractivity contribution in [3.63, 3.8) is 0 Å². The first-order valence-corrected chi connectivity index (χ1v) is 10.2. The van der Waals surface area contributed by atoms with Gasteiger partial charge in [0.25, 0.3) is 0 Å². The second-order valence-corrected chi connectivity index (χ2v) is 7.09. The molecule has 0 aromatic carbocycles. The molecular formula is C24H34O5. The second-order valence-electron chi connectivity index (χ2n) is 7.09. The van der Waals surface area contributed by atoms with Gasteiger partial charge in [0.1, 0.15) is 0 Å². The van der Waals surface area contributed by atoms with E-state index < -0.39 is 18.3 Å². The highest BCUT2D eigenvalue weighted by atomic mass is 16.5. The summed E-state index contributed by atoms with van der Waals surface area (Å²) in [7, 11) is 0. The van der Waals surface area contributed by atoms with Crippen LogP contribution in [0.4, 0.5) is 0 Å². The molecule has 1 rings (SSSR count). The number of aliphatic hydroxyl groups excluding tert-OH is 3. The molecule has 0 aromatic heterocycles. The number of carbonyl (C=O) groups is 1. The maximum Gasteiger partial charge on any atom is 0.331 e. The fraction of sp³-hybridized carbons (Fsp3) is 0.458. The molecule has 0 aromatic rings. The van der Waals surface area contributed by atoms with E-state index in [0.29, 0.717) is 12.8 Å². The summed E-state index contributed by atoms with van der Waals surface area (Å²) in [6, 6.07) is 0. The van der Waals surface area contributed by atoms with Crippen molar-refractivity contribution in [2.24, 2.45) is 0 Å². The molecule has 0 saturated carbocycles.